The molecule has 2 saturated carbocycles. The van der Waals surface area contributed by atoms with E-state index in [1.165, 1.54) is 12.8 Å². The van der Waals surface area contributed by atoms with Gasteiger partial charge in [-0.25, -0.2) is 0 Å². The van der Waals surface area contributed by atoms with Crippen LogP contribution in [0.3, 0.4) is 0 Å². The standard InChI is InChI=1S/C13H22N2OS/c1-9-3-2-4-11(9)13(16)15(10-5-6-10)8-7-12(14)17/h9-11H,2-8H2,1H3,(H2,14,17). The minimum absolute atomic E-state index is 0.252. The zero-order valence-electron chi connectivity index (χ0n) is 10.5. The Morgan fingerprint density at radius 1 is 1.35 bits per heavy atom. The smallest absolute Gasteiger partial charge is 0.226 e. The number of rotatable bonds is 5. The molecule has 3 nitrogen and oxygen atoms in total. The van der Waals surface area contributed by atoms with Gasteiger partial charge in [-0.1, -0.05) is 25.6 Å². The molecule has 96 valence electrons. The Balaban J connectivity index is 1.95. The maximum absolute atomic E-state index is 12.5. The van der Waals surface area contributed by atoms with E-state index in [0.717, 1.165) is 25.8 Å². The molecule has 2 unspecified atom stereocenters. The second kappa shape index (κ2) is 5.34. The highest BCUT2D eigenvalue weighted by Gasteiger charge is 2.38. The normalized spacial score (nSPS) is 28.1. The molecule has 0 heterocycles. The highest BCUT2D eigenvalue weighted by Crippen LogP contribution is 2.36. The Bertz CT molecular complexity index is 315. The minimum Gasteiger partial charge on any atom is -0.393 e. The molecular formula is C13H22N2OS. The first-order valence-electron chi connectivity index (χ1n) is 6.68. The van der Waals surface area contributed by atoms with Gasteiger partial charge in [-0.05, 0) is 31.6 Å². The second-order valence-corrected chi connectivity index (χ2v) is 6.02. The van der Waals surface area contributed by atoms with Crippen molar-refractivity contribution in [1.29, 1.82) is 0 Å². The Kier molecular flexibility index (Phi) is 4.02. The van der Waals surface area contributed by atoms with Crippen LogP contribution in [0.4, 0.5) is 0 Å². The number of amides is 1. The summed E-state index contributed by atoms with van der Waals surface area (Å²) in [7, 11) is 0. The Morgan fingerprint density at radius 2 is 2.06 bits per heavy atom. The average molecular weight is 254 g/mol. The van der Waals surface area contributed by atoms with Crippen molar-refractivity contribution in [3.63, 3.8) is 0 Å². The van der Waals surface area contributed by atoms with Crippen molar-refractivity contribution < 1.29 is 4.79 Å². The summed E-state index contributed by atoms with van der Waals surface area (Å²) in [5.74, 6) is 1.16. The van der Waals surface area contributed by atoms with Crippen LogP contribution in [-0.2, 0) is 4.79 Å². The van der Waals surface area contributed by atoms with Gasteiger partial charge in [-0.15, -0.1) is 0 Å². The van der Waals surface area contributed by atoms with Crippen molar-refractivity contribution in [3.8, 4) is 0 Å². The van der Waals surface area contributed by atoms with Gasteiger partial charge in [0, 0.05) is 24.9 Å². The minimum atomic E-state index is 0.252. The molecule has 0 aromatic rings. The maximum Gasteiger partial charge on any atom is 0.226 e. The van der Waals surface area contributed by atoms with Crippen LogP contribution in [0, 0.1) is 11.8 Å². The number of thiocarbonyl (C=S) groups is 1. The van der Waals surface area contributed by atoms with Gasteiger partial charge in [0.2, 0.25) is 5.91 Å². The van der Waals surface area contributed by atoms with Crippen molar-refractivity contribution in [2.75, 3.05) is 6.54 Å². The monoisotopic (exact) mass is 254 g/mol. The van der Waals surface area contributed by atoms with E-state index in [-0.39, 0.29) is 5.92 Å². The average Bonchev–Trinajstić information content (AvgIpc) is 3.00. The van der Waals surface area contributed by atoms with Crippen LogP contribution >= 0.6 is 12.2 Å². The predicted octanol–water partition coefficient (Wildman–Crippen LogP) is 2.09. The third kappa shape index (κ3) is 3.18. The van der Waals surface area contributed by atoms with Crippen LogP contribution in [0.5, 0.6) is 0 Å². The van der Waals surface area contributed by atoms with Crippen molar-refractivity contribution in [2.24, 2.45) is 17.6 Å². The summed E-state index contributed by atoms with van der Waals surface area (Å²) in [4.78, 5) is 15.1. The molecule has 2 aliphatic rings. The molecule has 4 heteroatoms. The topological polar surface area (TPSA) is 46.3 Å². The van der Waals surface area contributed by atoms with Crippen LogP contribution in [0.25, 0.3) is 0 Å². The first-order chi connectivity index (χ1) is 8.09. The van der Waals surface area contributed by atoms with Crippen molar-refractivity contribution >= 4 is 23.1 Å². The zero-order chi connectivity index (χ0) is 12.4. The molecule has 0 aromatic carbocycles. The molecule has 2 aliphatic carbocycles. The Morgan fingerprint density at radius 3 is 2.53 bits per heavy atom. The van der Waals surface area contributed by atoms with Crippen LogP contribution in [0.2, 0.25) is 0 Å². The fourth-order valence-electron chi connectivity index (χ4n) is 2.81. The fraction of sp³-hybridized carbons (Fsp3) is 0.846. The maximum atomic E-state index is 12.5. The predicted molar refractivity (Wildman–Crippen MR) is 72.6 cm³/mol. The summed E-state index contributed by atoms with van der Waals surface area (Å²) in [5, 5.41) is 0. The van der Waals surface area contributed by atoms with Crippen LogP contribution < -0.4 is 5.73 Å². The lowest BCUT2D eigenvalue weighted by atomic mass is 9.96. The van der Waals surface area contributed by atoms with E-state index < -0.39 is 0 Å². The Hall–Kier alpha value is -0.640. The fourth-order valence-corrected chi connectivity index (χ4v) is 2.91. The van der Waals surface area contributed by atoms with Gasteiger partial charge in [-0.3, -0.25) is 4.79 Å². The van der Waals surface area contributed by atoms with Crippen LogP contribution in [0.1, 0.15) is 45.4 Å². The number of carbonyl (C=O) groups is 1. The molecule has 0 saturated heterocycles. The molecule has 0 aromatic heterocycles. The highest BCUT2D eigenvalue weighted by atomic mass is 32.1. The molecule has 0 aliphatic heterocycles. The molecular weight excluding hydrogens is 232 g/mol. The number of carbonyl (C=O) groups excluding carboxylic acids is 1. The van der Waals surface area contributed by atoms with Gasteiger partial charge in [0.05, 0.1) is 4.99 Å². The van der Waals surface area contributed by atoms with E-state index in [1.807, 2.05) is 4.90 Å². The molecule has 0 bridgehead atoms. The van der Waals surface area contributed by atoms with Crippen molar-refractivity contribution in [1.82, 2.24) is 4.90 Å². The van der Waals surface area contributed by atoms with Crippen LogP contribution in [-0.4, -0.2) is 28.4 Å². The van der Waals surface area contributed by atoms with Crippen molar-refractivity contribution in [3.05, 3.63) is 0 Å². The highest BCUT2D eigenvalue weighted by molar-refractivity contribution is 7.80. The van der Waals surface area contributed by atoms with E-state index in [2.05, 4.69) is 6.92 Å². The SMILES string of the molecule is CC1CCCC1C(=O)N(CCC(N)=S)C1CC1. The van der Waals surface area contributed by atoms with Gasteiger partial charge < -0.3 is 10.6 Å². The molecule has 0 spiro atoms. The van der Waals surface area contributed by atoms with E-state index in [1.54, 1.807) is 0 Å². The van der Waals surface area contributed by atoms with Gasteiger partial charge in [0.1, 0.15) is 0 Å². The molecule has 17 heavy (non-hydrogen) atoms. The third-order valence-corrected chi connectivity index (χ3v) is 4.25. The summed E-state index contributed by atoms with van der Waals surface area (Å²) in [6.07, 6.45) is 6.44. The lowest BCUT2D eigenvalue weighted by Crippen LogP contribution is -2.40. The molecule has 0 radical (unpaired) electrons. The van der Waals surface area contributed by atoms with E-state index >= 15 is 0 Å². The van der Waals surface area contributed by atoms with Crippen LogP contribution in [0.15, 0.2) is 0 Å². The lowest BCUT2D eigenvalue weighted by molar-refractivity contribution is -0.137. The molecule has 2 N–H and O–H groups in total. The van der Waals surface area contributed by atoms with Crippen molar-refractivity contribution in [2.45, 2.75) is 51.5 Å². The summed E-state index contributed by atoms with van der Waals surface area (Å²) in [5.41, 5.74) is 5.54. The number of nitrogens with zero attached hydrogens (tertiary/aromatic N) is 1. The second-order valence-electron chi connectivity index (χ2n) is 5.49. The van der Waals surface area contributed by atoms with E-state index in [9.17, 15) is 4.79 Å². The summed E-state index contributed by atoms with van der Waals surface area (Å²) < 4.78 is 0. The molecule has 2 fully saturated rings. The van der Waals surface area contributed by atoms with E-state index in [0.29, 0.717) is 29.3 Å². The van der Waals surface area contributed by atoms with Gasteiger partial charge in [0.15, 0.2) is 0 Å². The quantitative estimate of drug-likeness (QED) is 0.764. The largest absolute Gasteiger partial charge is 0.393 e. The first-order valence-corrected chi connectivity index (χ1v) is 7.09. The van der Waals surface area contributed by atoms with E-state index in [4.69, 9.17) is 18.0 Å². The van der Waals surface area contributed by atoms with Gasteiger partial charge >= 0.3 is 0 Å². The zero-order valence-corrected chi connectivity index (χ0v) is 11.3. The lowest BCUT2D eigenvalue weighted by Gasteiger charge is -2.27. The molecule has 1 amide bonds. The first kappa shape index (κ1) is 12.8. The van der Waals surface area contributed by atoms with Gasteiger partial charge in [-0.2, -0.15) is 0 Å². The number of nitrogens with two attached hydrogens (primary N) is 1. The molecule has 2 atom stereocenters. The Labute approximate surface area is 109 Å². The third-order valence-electron chi connectivity index (χ3n) is 4.05. The summed E-state index contributed by atoms with van der Waals surface area (Å²) >= 11 is 4.91. The molecule has 2 rings (SSSR count). The van der Waals surface area contributed by atoms with Gasteiger partial charge in [0.25, 0.3) is 0 Å². The summed E-state index contributed by atoms with van der Waals surface area (Å²) in [6.45, 7) is 2.93. The summed E-state index contributed by atoms with van der Waals surface area (Å²) in [6, 6.07) is 0.477. The number of hydrogen-bond acceptors (Lipinski definition) is 2. The number of hydrogen-bond donors (Lipinski definition) is 1.